The number of amides is 2. The normalized spacial score (nSPS) is 18.2. The van der Waals surface area contributed by atoms with Crippen molar-refractivity contribution in [2.24, 2.45) is 11.8 Å². The summed E-state index contributed by atoms with van der Waals surface area (Å²) in [7, 11) is 2.19. The van der Waals surface area contributed by atoms with Crippen LogP contribution >= 0.6 is 23.2 Å². The number of H-pyrrole nitrogens is 2. The first-order valence-corrected chi connectivity index (χ1v) is 27.3. The van der Waals surface area contributed by atoms with Gasteiger partial charge in [0.2, 0.25) is 11.8 Å². The molecule has 8 heterocycles. The molecule has 2 N–H and O–H groups in total. The average molecular weight is 1050 g/mol. The van der Waals surface area contributed by atoms with Crippen LogP contribution in [0.15, 0.2) is 135 Å². The summed E-state index contributed by atoms with van der Waals surface area (Å²) in [6.07, 6.45) is 10.00. The zero-order valence-corrected chi connectivity index (χ0v) is 44.3. The van der Waals surface area contributed by atoms with Gasteiger partial charge in [0.1, 0.15) is 23.7 Å². The van der Waals surface area contributed by atoms with Crippen molar-refractivity contribution in [1.29, 1.82) is 0 Å². The van der Waals surface area contributed by atoms with Crippen molar-refractivity contribution in [2.75, 3.05) is 82.4 Å². The van der Waals surface area contributed by atoms with Gasteiger partial charge < -0.3 is 29.4 Å². The van der Waals surface area contributed by atoms with E-state index in [4.69, 9.17) is 32.9 Å². The number of ether oxygens (including phenoxy) is 1. The van der Waals surface area contributed by atoms with E-state index >= 15 is 0 Å². The fourth-order valence-electron chi connectivity index (χ4n) is 12.3. The highest BCUT2D eigenvalue weighted by atomic mass is 35.5. The molecule has 12 rings (SSSR count). The summed E-state index contributed by atoms with van der Waals surface area (Å²) in [4.78, 5) is 54.6. The number of aryl methyl sites for hydroxylation is 1. The van der Waals surface area contributed by atoms with Gasteiger partial charge in [-0.25, -0.2) is 9.97 Å². The Hall–Kier alpha value is -7.06. The lowest BCUT2D eigenvalue weighted by atomic mass is 9.81. The van der Waals surface area contributed by atoms with Gasteiger partial charge in [-0.2, -0.15) is 0 Å². The van der Waals surface area contributed by atoms with Gasteiger partial charge in [-0.05, 0) is 139 Å². The van der Waals surface area contributed by atoms with Gasteiger partial charge in [-0.3, -0.25) is 19.4 Å². The molecule has 2 amide bonds. The molecule has 0 bridgehead atoms. The molecule has 4 aromatic carbocycles. The van der Waals surface area contributed by atoms with E-state index in [1.54, 1.807) is 12.4 Å². The first-order chi connectivity index (χ1) is 37.1. The van der Waals surface area contributed by atoms with Gasteiger partial charge in [0, 0.05) is 110 Å². The van der Waals surface area contributed by atoms with Crippen LogP contribution in [-0.4, -0.2) is 119 Å². The minimum atomic E-state index is -0.109. The number of nitrogens with one attached hydrogen (secondary N) is 2. The number of aromatic nitrogens is 4. The maximum atomic E-state index is 13.9. The number of likely N-dealkylation sites (N-methyl/N-ethyl adjacent to an activating group) is 1. The molecule has 2 saturated heterocycles. The van der Waals surface area contributed by atoms with Gasteiger partial charge in [-0.15, -0.1) is 0 Å². The van der Waals surface area contributed by atoms with Crippen LogP contribution in [0.5, 0.6) is 5.75 Å². The number of rotatable bonds is 13. The third kappa shape index (κ3) is 9.62. The number of fused-ring (bicyclic) bond motifs is 4. The summed E-state index contributed by atoms with van der Waals surface area (Å²) < 4.78 is 6.51. The van der Waals surface area contributed by atoms with Crippen LogP contribution in [0.2, 0.25) is 10.0 Å². The lowest BCUT2D eigenvalue weighted by molar-refractivity contribution is -0.115. The fourth-order valence-corrected chi connectivity index (χ4v) is 12.7. The quantitative estimate of drug-likeness (QED) is 0.110. The first kappa shape index (κ1) is 49.8. The Morgan fingerprint density at radius 2 is 1.30 bits per heavy atom. The number of likely N-dealkylation sites (tertiary alicyclic amines) is 1. The average Bonchev–Trinajstić information content (AvgIpc) is 4.20. The Kier molecular flexibility index (Phi) is 13.9. The molecule has 0 aliphatic carbocycles. The van der Waals surface area contributed by atoms with E-state index in [0.717, 1.165) is 167 Å². The van der Waals surface area contributed by atoms with Crippen molar-refractivity contribution in [3.05, 3.63) is 162 Å². The van der Waals surface area contributed by atoms with Crippen molar-refractivity contribution in [2.45, 2.75) is 32.2 Å². The standard InChI is InChI=1S/C62H61Cl2N9O3/c1-4-53(74)72-23-8-12-40-14-16-42(34-51(40)72)56-58-50(64)19-22-66-62(58)68-60(56)45-11-7-13-48(33-45)76-30-29-70-24-20-46(37-70)47-32-41-15-17-43(35-52(41)73(38-47)54(75)5-2)55-57-49(63)18-21-65-61(57)67-59(55)44-10-6-9-39(31-44)36-71-27-25-69(3)26-28-71/h4-7,9-11,13-19,21-22,31,33-35,46-47H,1-2,8,12,20,23-30,32,36-38H2,3H3,(H,65,67)(H,66,68). The second-order valence-electron chi connectivity index (χ2n) is 20.9. The molecule has 0 saturated carbocycles. The molecule has 4 aromatic heterocycles. The minimum absolute atomic E-state index is 0.0997. The van der Waals surface area contributed by atoms with Gasteiger partial charge in [0.05, 0.1) is 21.4 Å². The highest BCUT2D eigenvalue weighted by Crippen LogP contribution is 2.46. The molecule has 4 aliphatic rings. The van der Waals surface area contributed by atoms with E-state index < -0.39 is 0 Å². The Morgan fingerprint density at radius 1 is 0.671 bits per heavy atom. The number of carbonyl (C=O) groups excluding carboxylic acids is 2. The highest BCUT2D eigenvalue weighted by molar-refractivity contribution is 6.37. The molecule has 4 aliphatic heterocycles. The molecule has 2 unspecified atom stereocenters. The maximum absolute atomic E-state index is 13.9. The molecule has 2 fully saturated rings. The molecule has 12 nitrogen and oxygen atoms in total. The van der Waals surface area contributed by atoms with Crippen LogP contribution in [-0.2, 0) is 29.0 Å². The summed E-state index contributed by atoms with van der Waals surface area (Å²) in [6, 6.07) is 33.5. The molecule has 76 heavy (non-hydrogen) atoms. The van der Waals surface area contributed by atoms with Crippen molar-refractivity contribution >= 4 is 68.5 Å². The molecule has 14 heteroatoms. The van der Waals surface area contributed by atoms with E-state index in [-0.39, 0.29) is 17.7 Å². The molecular weight excluding hydrogens is 990 g/mol. The van der Waals surface area contributed by atoms with E-state index in [9.17, 15) is 9.59 Å². The topological polar surface area (TPSA) is 117 Å². The molecule has 8 aromatic rings. The maximum Gasteiger partial charge on any atom is 0.250 e. The number of halogens is 2. The summed E-state index contributed by atoms with van der Waals surface area (Å²) in [6.45, 7) is 17.3. The molecule has 0 radical (unpaired) electrons. The number of aromatic amines is 2. The van der Waals surface area contributed by atoms with Gasteiger partial charge in [-0.1, -0.05) is 91.0 Å². The lowest BCUT2D eigenvalue weighted by Gasteiger charge is -2.37. The summed E-state index contributed by atoms with van der Waals surface area (Å²) >= 11 is 13.9. The molecular formula is C62H61Cl2N9O3. The van der Waals surface area contributed by atoms with E-state index in [0.29, 0.717) is 41.3 Å². The highest BCUT2D eigenvalue weighted by Gasteiger charge is 2.36. The van der Waals surface area contributed by atoms with Crippen LogP contribution < -0.4 is 14.5 Å². The van der Waals surface area contributed by atoms with Crippen LogP contribution in [0, 0.1) is 11.8 Å². The van der Waals surface area contributed by atoms with Crippen molar-refractivity contribution < 1.29 is 14.3 Å². The first-order valence-electron chi connectivity index (χ1n) is 26.5. The molecule has 2 atom stereocenters. The Bertz CT molecular complexity index is 3560. The largest absolute Gasteiger partial charge is 0.492 e. The summed E-state index contributed by atoms with van der Waals surface area (Å²) in [5.74, 6) is 1.25. The van der Waals surface area contributed by atoms with E-state index in [1.807, 2.05) is 34.1 Å². The zero-order chi connectivity index (χ0) is 52.0. The lowest BCUT2D eigenvalue weighted by Crippen LogP contribution is -2.43. The monoisotopic (exact) mass is 1050 g/mol. The summed E-state index contributed by atoms with van der Waals surface area (Å²) in [5, 5.41) is 2.91. The summed E-state index contributed by atoms with van der Waals surface area (Å²) in [5.41, 5.74) is 14.4. The number of carbonyl (C=O) groups is 2. The number of hydrogen-bond acceptors (Lipinski definition) is 8. The molecule has 0 spiro atoms. The molecule has 386 valence electrons. The second kappa shape index (κ2) is 21.2. The smallest absolute Gasteiger partial charge is 0.250 e. The SMILES string of the molecule is C=CC(=O)N1CCCc2ccc(-c3c(-c4cccc(OCCN5CCC(C6Cc7ccc(-c8c(-c9cccc(CN%10CCN(C)CC%10)c9)[nH]c9nccc(Cl)c89)cc7N(C(=O)C=C)C6)C5)c4)[nH]c4nccc(Cl)c34)cc21. The number of anilines is 2. The number of nitrogens with zero attached hydrogens (tertiary/aromatic N) is 7. The second-order valence-corrected chi connectivity index (χ2v) is 21.7. The van der Waals surface area contributed by atoms with Crippen LogP contribution in [0.4, 0.5) is 11.4 Å². The predicted octanol–water partition coefficient (Wildman–Crippen LogP) is 11.7. The van der Waals surface area contributed by atoms with Crippen molar-refractivity contribution in [3.63, 3.8) is 0 Å². The Balaban J connectivity index is 0.750. The zero-order valence-electron chi connectivity index (χ0n) is 42.8. The van der Waals surface area contributed by atoms with Gasteiger partial charge in [0.15, 0.2) is 0 Å². The third-order valence-corrected chi connectivity index (χ3v) is 16.8. The van der Waals surface area contributed by atoms with Crippen molar-refractivity contribution in [1.82, 2.24) is 34.6 Å². The number of piperazine rings is 1. The Labute approximate surface area is 453 Å². The van der Waals surface area contributed by atoms with Crippen LogP contribution in [0.3, 0.4) is 0 Å². The van der Waals surface area contributed by atoms with E-state index in [2.05, 4.69) is 123 Å². The predicted molar refractivity (Wildman–Crippen MR) is 307 cm³/mol. The van der Waals surface area contributed by atoms with Crippen LogP contribution in [0.1, 0.15) is 29.5 Å². The van der Waals surface area contributed by atoms with Crippen molar-refractivity contribution in [3.8, 4) is 50.5 Å². The van der Waals surface area contributed by atoms with Gasteiger partial charge in [0.25, 0.3) is 0 Å². The van der Waals surface area contributed by atoms with Crippen LogP contribution in [0.25, 0.3) is 66.8 Å². The third-order valence-electron chi connectivity index (χ3n) is 16.2. The number of pyridine rings is 2. The Morgan fingerprint density at radius 3 is 1.99 bits per heavy atom. The number of hydrogen-bond donors (Lipinski definition) is 2. The fraction of sp³-hybridized carbons (Fsp3) is 0.290. The van der Waals surface area contributed by atoms with E-state index in [1.165, 1.54) is 17.7 Å². The van der Waals surface area contributed by atoms with Gasteiger partial charge >= 0.3 is 0 Å². The minimum Gasteiger partial charge on any atom is -0.492 e. The number of benzene rings is 4.